The Morgan fingerprint density at radius 3 is 2.42 bits per heavy atom. The van der Waals surface area contributed by atoms with Crippen LogP contribution in [0.3, 0.4) is 0 Å². The summed E-state index contributed by atoms with van der Waals surface area (Å²) in [5.74, 6) is 2.60. The zero-order valence-electron chi connectivity index (χ0n) is 15.5. The SMILES string of the molecule is CCOc1ccc(-c2cnc(NCc3ccccc3OCC)n2C)cc1. The van der Waals surface area contributed by atoms with Crippen LogP contribution >= 0.6 is 0 Å². The highest BCUT2D eigenvalue weighted by Crippen LogP contribution is 2.25. The van der Waals surface area contributed by atoms with Gasteiger partial charge in [0.2, 0.25) is 5.95 Å². The van der Waals surface area contributed by atoms with Crippen molar-refractivity contribution in [2.24, 2.45) is 7.05 Å². The molecule has 136 valence electrons. The Hall–Kier alpha value is -2.95. The summed E-state index contributed by atoms with van der Waals surface area (Å²) in [5, 5.41) is 3.40. The van der Waals surface area contributed by atoms with Crippen LogP contribution in [0.2, 0.25) is 0 Å². The molecule has 3 rings (SSSR count). The van der Waals surface area contributed by atoms with Gasteiger partial charge in [0, 0.05) is 24.7 Å². The molecule has 0 aliphatic rings. The largest absolute Gasteiger partial charge is 0.494 e. The average Bonchev–Trinajstić information content (AvgIpc) is 3.03. The van der Waals surface area contributed by atoms with Crippen LogP contribution in [0.1, 0.15) is 19.4 Å². The van der Waals surface area contributed by atoms with Crippen LogP contribution in [0.25, 0.3) is 11.3 Å². The van der Waals surface area contributed by atoms with Crippen molar-refractivity contribution in [1.82, 2.24) is 9.55 Å². The van der Waals surface area contributed by atoms with Gasteiger partial charge in [0.1, 0.15) is 11.5 Å². The lowest BCUT2D eigenvalue weighted by Crippen LogP contribution is -2.07. The summed E-state index contributed by atoms with van der Waals surface area (Å²) < 4.78 is 13.2. The lowest BCUT2D eigenvalue weighted by atomic mass is 10.1. The van der Waals surface area contributed by atoms with E-state index in [9.17, 15) is 0 Å². The van der Waals surface area contributed by atoms with Gasteiger partial charge in [-0.05, 0) is 44.2 Å². The summed E-state index contributed by atoms with van der Waals surface area (Å²) in [7, 11) is 2.01. The Morgan fingerprint density at radius 2 is 1.69 bits per heavy atom. The van der Waals surface area contributed by atoms with Crippen molar-refractivity contribution in [3.05, 3.63) is 60.3 Å². The smallest absolute Gasteiger partial charge is 0.203 e. The Kier molecular flexibility index (Phi) is 5.79. The van der Waals surface area contributed by atoms with Crippen LogP contribution < -0.4 is 14.8 Å². The minimum absolute atomic E-state index is 0.654. The number of hydrogen-bond donors (Lipinski definition) is 1. The summed E-state index contributed by atoms with van der Waals surface area (Å²) in [4.78, 5) is 4.52. The molecule has 5 heteroatoms. The number of nitrogens with one attached hydrogen (secondary N) is 1. The van der Waals surface area contributed by atoms with Crippen LogP contribution in [-0.4, -0.2) is 22.8 Å². The molecule has 26 heavy (non-hydrogen) atoms. The molecule has 0 spiro atoms. The molecule has 0 bridgehead atoms. The van der Waals surface area contributed by atoms with Crippen molar-refractivity contribution in [3.63, 3.8) is 0 Å². The van der Waals surface area contributed by atoms with Crippen LogP contribution in [0, 0.1) is 0 Å². The number of rotatable bonds is 8. The highest BCUT2D eigenvalue weighted by atomic mass is 16.5. The first-order valence-corrected chi connectivity index (χ1v) is 8.92. The Balaban J connectivity index is 1.73. The molecule has 0 saturated carbocycles. The molecule has 1 aromatic heterocycles. The van der Waals surface area contributed by atoms with Gasteiger partial charge < -0.3 is 19.4 Å². The second kappa shape index (κ2) is 8.43. The summed E-state index contributed by atoms with van der Waals surface area (Å²) in [6, 6.07) is 16.1. The maximum Gasteiger partial charge on any atom is 0.203 e. The van der Waals surface area contributed by atoms with E-state index in [1.54, 1.807) is 0 Å². The molecule has 0 saturated heterocycles. The number of nitrogens with zero attached hydrogens (tertiary/aromatic N) is 2. The molecule has 5 nitrogen and oxygen atoms in total. The first kappa shape index (κ1) is 17.9. The number of benzene rings is 2. The van der Waals surface area contributed by atoms with Gasteiger partial charge in [-0.25, -0.2) is 4.98 Å². The number of anilines is 1. The lowest BCUT2D eigenvalue weighted by Gasteiger charge is -2.12. The first-order valence-electron chi connectivity index (χ1n) is 8.92. The zero-order chi connectivity index (χ0) is 18.4. The fourth-order valence-electron chi connectivity index (χ4n) is 2.85. The molecule has 1 heterocycles. The Bertz CT molecular complexity index is 841. The van der Waals surface area contributed by atoms with Crippen LogP contribution in [-0.2, 0) is 13.6 Å². The summed E-state index contributed by atoms with van der Waals surface area (Å²) >= 11 is 0. The number of aromatic nitrogens is 2. The molecule has 3 aromatic rings. The van der Waals surface area contributed by atoms with Crippen molar-refractivity contribution in [2.75, 3.05) is 18.5 Å². The number of ether oxygens (including phenoxy) is 2. The lowest BCUT2D eigenvalue weighted by molar-refractivity contribution is 0.337. The molecular weight excluding hydrogens is 326 g/mol. The van der Waals surface area contributed by atoms with Gasteiger partial charge in [0.15, 0.2) is 0 Å². The fraction of sp³-hybridized carbons (Fsp3) is 0.286. The van der Waals surface area contributed by atoms with E-state index in [1.165, 1.54) is 0 Å². The van der Waals surface area contributed by atoms with E-state index in [-0.39, 0.29) is 0 Å². The summed E-state index contributed by atoms with van der Waals surface area (Å²) in [5.41, 5.74) is 3.26. The molecule has 0 unspecified atom stereocenters. The quantitative estimate of drug-likeness (QED) is 0.649. The van der Waals surface area contributed by atoms with E-state index >= 15 is 0 Å². The fourth-order valence-corrected chi connectivity index (χ4v) is 2.85. The van der Waals surface area contributed by atoms with E-state index in [4.69, 9.17) is 9.47 Å². The van der Waals surface area contributed by atoms with Gasteiger partial charge in [0.05, 0.1) is 25.1 Å². The van der Waals surface area contributed by atoms with Crippen molar-refractivity contribution in [2.45, 2.75) is 20.4 Å². The third-order valence-corrected chi connectivity index (χ3v) is 4.16. The van der Waals surface area contributed by atoms with Crippen molar-refractivity contribution < 1.29 is 9.47 Å². The molecule has 0 amide bonds. The van der Waals surface area contributed by atoms with E-state index in [0.29, 0.717) is 19.8 Å². The van der Waals surface area contributed by atoms with Gasteiger partial charge in [-0.1, -0.05) is 18.2 Å². The van der Waals surface area contributed by atoms with E-state index in [1.807, 2.05) is 57.4 Å². The maximum atomic E-state index is 5.68. The first-order chi connectivity index (χ1) is 12.7. The van der Waals surface area contributed by atoms with Crippen molar-refractivity contribution in [1.29, 1.82) is 0 Å². The molecule has 1 N–H and O–H groups in total. The standard InChI is InChI=1S/C21H25N3O2/c1-4-25-18-12-10-16(11-13-18)19-15-23-21(24(19)3)22-14-17-8-6-7-9-20(17)26-5-2/h6-13,15H,4-5,14H2,1-3H3,(H,22,23). The normalized spacial score (nSPS) is 10.6. The van der Waals surface area contributed by atoms with Crippen LogP contribution in [0.5, 0.6) is 11.5 Å². The van der Waals surface area contributed by atoms with Gasteiger partial charge in [-0.2, -0.15) is 0 Å². The van der Waals surface area contributed by atoms with Gasteiger partial charge >= 0.3 is 0 Å². The molecule has 0 aliphatic heterocycles. The van der Waals surface area contributed by atoms with Crippen molar-refractivity contribution >= 4 is 5.95 Å². The van der Waals surface area contributed by atoms with E-state index in [2.05, 4.69) is 33.1 Å². The second-order valence-electron chi connectivity index (χ2n) is 5.88. The van der Waals surface area contributed by atoms with Crippen LogP contribution in [0.15, 0.2) is 54.7 Å². The van der Waals surface area contributed by atoms with E-state index < -0.39 is 0 Å². The van der Waals surface area contributed by atoms with Crippen molar-refractivity contribution in [3.8, 4) is 22.8 Å². The third-order valence-electron chi connectivity index (χ3n) is 4.16. The molecule has 2 aromatic carbocycles. The van der Waals surface area contributed by atoms with Gasteiger partial charge in [0.25, 0.3) is 0 Å². The molecule has 0 aliphatic carbocycles. The Labute approximate surface area is 154 Å². The van der Waals surface area contributed by atoms with Crippen LogP contribution in [0.4, 0.5) is 5.95 Å². The maximum absolute atomic E-state index is 5.68. The zero-order valence-corrected chi connectivity index (χ0v) is 15.5. The highest BCUT2D eigenvalue weighted by molar-refractivity contribution is 5.62. The number of imidazole rings is 1. The minimum Gasteiger partial charge on any atom is -0.494 e. The van der Waals surface area contributed by atoms with E-state index in [0.717, 1.165) is 34.3 Å². The highest BCUT2D eigenvalue weighted by Gasteiger charge is 2.10. The minimum atomic E-state index is 0.654. The second-order valence-corrected chi connectivity index (χ2v) is 5.88. The molecular formula is C21H25N3O2. The third kappa shape index (κ3) is 3.99. The molecule has 0 radical (unpaired) electrons. The Morgan fingerprint density at radius 1 is 0.962 bits per heavy atom. The monoisotopic (exact) mass is 351 g/mol. The van der Waals surface area contributed by atoms with Gasteiger partial charge in [-0.3, -0.25) is 0 Å². The van der Waals surface area contributed by atoms with Gasteiger partial charge in [-0.15, -0.1) is 0 Å². The number of hydrogen-bond acceptors (Lipinski definition) is 4. The average molecular weight is 351 g/mol. The predicted molar refractivity (Wildman–Crippen MR) is 105 cm³/mol. The number of para-hydroxylation sites is 1. The summed E-state index contributed by atoms with van der Waals surface area (Å²) in [6.07, 6.45) is 1.88. The summed E-state index contributed by atoms with van der Waals surface area (Å²) in [6.45, 7) is 5.95. The molecule has 0 fully saturated rings. The molecule has 0 atom stereocenters. The predicted octanol–water partition coefficient (Wildman–Crippen LogP) is 4.50. The topological polar surface area (TPSA) is 48.3 Å².